The highest BCUT2D eigenvalue weighted by molar-refractivity contribution is 5.80. The van der Waals surface area contributed by atoms with Crippen LogP contribution in [0.1, 0.15) is 37.8 Å². The van der Waals surface area contributed by atoms with E-state index in [9.17, 15) is 4.79 Å². The molecular weight excluding hydrogens is 264 g/mol. The Kier molecular flexibility index (Phi) is 6.21. The lowest BCUT2D eigenvalue weighted by Gasteiger charge is -2.20. The van der Waals surface area contributed by atoms with Gasteiger partial charge in [0.15, 0.2) is 0 Å². The molecule has 1 atom stereocenters. The molecule has 1 aliphatic heterocycles. The number of amides is 1. The average molecular weight is 290 g/mol. The molecule has 116 valence electrons. The van der Waals surface area contributed by atoms with Crippen molar-refractivity contribution in [3.8, 4) is 0 Å². The Bertz CT molecular complexity index is 452. The number of nitrogens with one attached hydrogen (secondary N) is 1. The quantitative estimate of drug-likeness (QED) is 0.838. The molecule has 1 saturated heterocycles. The smallest absolute Gasteiger partial charge is 0.249 e. The van der Waals surface area contributed by atoms with E-state index in [1.807, 2.05) is 6.07 Å². The van der Waals surface area contributed by atoms with E-state index >= 15 is 0 Å². The standard InChI is InChI=1S/C17H26N2O2/c1-3-19(4-2)13-15-9-6-5-8-14(15)12-18-17(20)16-10-7-11-21-16/h5-6,8-9,16H,3-4,7,10-13H2,1-2H3,(H,18,20). The summed E-state index contributed by atoms with van der Waals surface area (Å²) in [5, 5.41) is 3.01. The molecule has 4 heteroatoms. The number of hydrogen-bond acceptors (Lipinski definition) is 3. The fourth-order valence-corrected chi connectivity index (χ4v) is 2.65. The maximum absolute atomic E-state index is 12.0. The van der Waals surface area contributed by atoms with E-state index in [1.165, 1.54) is 11.1 Å². The summed E-state index contributed by atoms with van der Waals surface area (Å²) in [5.41, 5.74) is 2.48. The van der Waals surface area contributed by atoms with E-state index in [2.05, 4.69) is 42.3 Å². The minimum absolute atomic E-state index is 0.0187. The summed E-state index contributed by atoms with van der Waals surface area (Å²) in [6.45, 7) is 8.63. The van der Waals surface area contributed by atoms with E-state index in [-0.39, 0.29) is 12.0 Å². The van der Waals surface area contributed by atoms with Crippen molar-refractivity contribution in [3.63, 3.8) is 0 Å². The number of nitrogens with zero attached hydrogens (tertiary/aromatic N) is 1. The van der Waals surface area contributed by atoms with Gasteiger partial charge in [-0.15, -0.1) is 0 Å². The lowest BCUT2D eigenvalue weighted by Crippen LogP contribution is -2.34. The van der Waals surface area contributed by atoms with E-state index in [1.54, 1.807) is 0 Å². The van der Waals surface area contributed by atoms with Crippen molar-refractivity contribution in [3.05, 3.63) is 35.4 Å². The van der Waals surface area contributed by atoms with Crippen LogP contribution >= 0.6 is 0 Å². The van der Waals surface area contributed by atoms with Crippen molar-refractivity contribution in [1.29, 1.82) is 0 Å². The first kappa shape index (κ1) is 16.0. The van der Waals surface area contributed by atoms with Crippen LogP contribution in [0, 0.1) is 0 Å². The van der Waals surface area contributed by atoms with Gasteiger partial charge in [-0.1, -0.05) is 38.1 Å². The predicted molar refractivity (Wildman–Crippen MR) is 83.9 cm³/mol. The van der Waals surface area contributed by atoms with E-state index < -0.39 is 0 Å². The summed E-state index contributed by atoms with van der Waals surface area (Å²) in [7, 11) is 0. The molecular formula is C17H26N2O2. The highest BCUT2D eigenvalue weighted by atomic mass is 16.5. The van der Waals surface area contributed by atoms with E-state index in [0.717, 1.165) is 32.5 Å². The van der Waals surface area contributed by atoms with Crippen molar-refractivity contribution >= 4 is 5.91 Å². The van der Waals surface area contributed by atoms with Gasteiger partial charge >= 0.3 is 0 Å². The van der Waals surface area contributed by atoms with Crippen LogP contribution < -0.4 is 5.32 Å². The van der Waals surface area contributed by atoms with Crippen LogP contribution in [0.25, 0.3) is 0 Å². The first-order valence-corrected chi connectivity index (χ1v) is 7.93. The molecule has 21 heavy (non-hydrogen) atoms. The van der Waals surface area contributed by atoms with Crippen LogP contribution in [0.5, 0.6) is 0 Å². The Labute approximate surface area is 127 Å². The Morgan fingerprint density at radius 3 is 2.62 bits per heavy atom. The normalized spacial score (nSPS) is 18.1. The molecule has 0 aliphatic carbocycles. The molecule has 1 aliphatic rings. The number of carbonyl (C=O) groups excluding carboxylic acids is 1. The second kappa shape index (κ2) is 8.15. The van der Waals surface area contributed by atoms with Crippen LogP contribution in [0.3, 0.4) is 0 Å². The molecule has 0 aromatic heterocycles. The molecule has 1 amide bonds. The SMILES string of the molecule is CCN(CC)Cc1ccccc1CNC(=O)C1CCCO1. The van der Waals surface area contributed by atoms with Crippen LogP contribution in [-0.4, -0.2) is 36.6 Å². The molecule has 1 N–H and O–H groups in total. The zero-order valence-electron chi connectivity index (χ0n) is 13.1. The Morgan fingerprint density at radius 2 is 2.00 bits per heavy atom. The maximum atomic E-state index is 12.0. The van der Waals surface area contributed by atoms with Gasteiger partial charge in [-0.05, 0) is 37.1 Å². The van der Waals surface area contributed by atoms with Crippen LogP contribution in [0.15, 0.2) is 24.3 Å². The van der Waals surface area contributed by atoms with Gasteiger partial charge in [0.05, 0.1) is 0 Å². The van der Waals surface area contributed by atoms with Crippen LogP contribution in [0.2, 0.25) is 0 Å². The van der Waals surface area contributed by atoms with Gasteiger partial charge in [-0.25, -0.2) is 0 Å². The third-order valence-electron chi connectivity index (χ3n) is 4.08. The topological polar surface area (TPSA) is 41.6 Å². The first-order valence-electron chi connectivity index (χ1n) is 7.93. The van der Waals surface area contributed by atoms with E-state index in [0.29, 0.717) is 13.2 Å². The highest BCUT2D eigenvalue weighted by Crippen LogP contribution is 2.14. The van der Waals surface area contributed by atoms with Crippen LogP contribution in [-0.2, 0) is 22.6 Å². The lowest BCUT2D eigenvalue weighted by atomic mass is 10.1. The highest BCUT2D eigenvalue weighted by Gasteiger charge is 2.23. The minimum atomic E-state index is -0.250. The molecule has 1 aromatic rings. The van der Waals surface area contributed by atoms with Gasteiger partial charge in [-0.3, -0.25) is 9.69 Å². The fourth-order valence-electron chi connectivity index (χ4n) is 2.65. The summed E-state index contributed by atoms with van der Waals surface area (Å²) in [5.74, 6) is 0.0187. The third-order valence-corrected chi connectivity index (χ3v) is 4.08. The number of rotatable bonds is 7. The number of ether oxygens (including phenoxy) is 1. The Hall–Kier alpha value is -1.39. The van der Waals surface area contributed by atoms with Gasteiger partial charge in [0.2, 0.25) is 5.91 Å². The average Bonchev–Trinajstić information content (AvgIpc) is 3.05. The molecule has 0 saturated carbocycles. The van der Waals surface area contributed by atoms with E-state index in [4.69, 9.17) is 4.74 Å². The zero-order valence-corrected chi connectivity index (χ0v) is 13.1. The monoisotopic (exact) mass is 290 g/mol. The summed E-state index contributed by atoms with van der Waals surface area (Å²) in [6.07, 6.45) is 1.57. The number of hydrogen-bond donors (Lipinski definition) is 1. The second-order valence-electron chi connectivity index (χ2n) is 5.45. The van der Waals surface area contributed by atoms with Crippen molar-refractivity contribution in [2.24, 2.45) is 0 Å². The van der Waals surface area contributed by atoms with Crippen LogP contribution in [0.4, 0.5) is 0 Å². The van der Waals surface area contributed by atoms with Crippen molar-refractivity contribution in [2.45, 2.75) is 45.9 Å². The molecule has 2 rings (SSSR count). The summed E-state index contributed by atoms with van der Waals surface area (Å²) in [4.78, 5) is 14.4. The third kappa shape index (κ3) is 4.55. The molecule has 0 spiro atoms. The lowest BCUT2D eigenvalue weighted by molar-refractivity contribution is -0.130. The molecule has 1 heterocycles. The molecule has 4 nitrogen and oxygen atoms in total. The first-order chi connectivity index (χ1) is 10.2. The number of benzene rings is 1. The van der Waals surface area contributed by atoms with Gasteiger partial charge < -0.3 is 10.1 Å². The summed E-state index contributed by atoms with van der Waals surface area (Å²) < 4.78 is 5.41. The number of carbonyl (C=O) groups is 1. The maximum Gasteiger partial charge on any atom is 0.249 e. The Balaban J connectivity index is 1.94. The minimum Gasteiger partial charge on any atom is -0.368 e. The second-order valence-corrected chi connectivity index (χ2v) is 5.45. The largest absolute Gasteiger partial charge is 0.368 e. The fraction of sp³-hybridized carbons (Fsp3) is 0.588. The zero-order chi connectivity index (χ0) is 15.1. The Morgan fingerprint density at radius 1 is 1.29 bits per heavy atom. The predicted octanol–water partition coefficient (Wildman–Crippen LogP) is 2.32. The van der Waals surface area contributed by atoms with Crippen molar-refractivity contribution in [2.75, 3.05) is 19.7 Å². The molecule has 0 radical (unpaired) electrons. The molecule has 1 unspecified atom stereocenters. The van der Waals surface area contributed by atoms with Crippen molar-refractivity contribution < 1.29 is 9.53 Å². The molecule has 0 bridgehead atoms. The molecule has 1 aromatic carbocycles. The van der Waals surface area contributed by atoms with Gasteiger partial charge in [-0.2, -0.15) is 0 Å². The van der Waals surface area contributed by atoms with Gasteiger partial charge in [0.1, 0.15) is 6.10 Å². The summed E-state index contributed by atoms with van der Waals surface area (Å²) >= 11 is 0. The van der Waals surface area contributed by atoms with Gasteiger partial charge in [0.25, 0.3) is 0 Å². The van der Waals surface area contributed by atoms with Gasteiger partial charge in [0, 0.05) is 19.7 Å². The van der Waals surface area contributed by atoms with Crippen molar-refractivity contribution in [1.82, 2.24) is 10.2 Å². The molecule has 1 fully saturated rings. The summed E-state index contributed by atoms with van der Waals surface area (Å²) in [6, 6.07) is 8.32.